The van der Waals surface area contributed by atoms with Crippen molar-refractivity contribution in [3.8, 4) is 11.3 Å². The number of aryl methyl sites for hydroxylation is 1. The van der Waals surface area contributed by atoms with E-state index in [1.54, 1.807) is 4.52 Å². The first-order chi connectivity index (χ1) is 16.3. The lowest BCUT2D eigenvalue weighted by molar-refractivity contribution is 0.0737. The molecular weight excluding hydrogens is 422 g/mol. The van der Waals surface area contributed by atoms with Crippen molar-refractivity contribution < 1.29 is 4.79 Å². The van der Waals surface area contributed by atoms with E-state index in [2.05, 4.69) is 56.9 Å². The van der Waals surface area contributed by atoms with Gasteiger partial charge in [-0.15, -0.1) is 0 Å². The van der Waals surface area contributed by atoms with E-state index in [9.17, 15) is 4.79 Å². The summed E-state index contributed by atoms with van der Waals surface area (Å²) in [5.41, 5.74) is 6.32. The Labute approximate surface area is 200 Å². The Morgan fingerprint density at radius 3 is 2.24 bits per heavy atom. The van der Waals surface area contributed by atoms with Crippen molar-refractivity contribution in [1.29, 1.82) is 0 Å². The molecule has 34 heavy (non-hydrogen) atoms. The fourth-order valence-electron chi connectivity index (χ4n) is 4.48. The number of para-hydroxylation sites is 1. The van der Waals surface area contributed by atoms with Gasteiger partial charge in [-0.1, -0.05) is 69.3 Å². The summed E-state index contributed by atoms with van der Waals surface area (Å²) in [6.07, 6.45) is 0. The van der Waals surface area contributed by atoms with E-state index in [1.807, 2.05) is 47.4 Å². The number of amides is 1. The molecule has 2 aromatic heterocycles. The lowest BCUT2D eigenvalue weighted by Crippen LogP contribution is -2.49. The monoisotopic (exact) mass is 453 g/mol. The van der Waals surface area contributed by atoms with Gasteiger partial charge < -0.3 is 9.80 Å². The molecule has 1 fully saturated rings. The van der Waals surface area contributed by atoms with Crippen LogP contribution in [0.25, 0.3) is 16.9 Å². The van der Waals surface area contributed by atoms with Gasteiger partial charge >= 0.3 is 0 Å². The topological polar surface area (TPSA) is 53.7 Å². The van der Waals surface area contributed by atoms with Crippen LogP contribution in [0.15, 0.2) is 66.7 Å². The molecule has 0 unspecified atom stereocenters. The zero-order valence-corrected chi connectivity index (χ0v) is 20.3. The average molecular weight is 454 g/mol. The van der Waals surface area contributed by atoms with E-state index in [1.165, 1.54) is 11.3 Å². The standard InChI is InChI=1S/C28H31N5O/c1-20-10-8-9-13-23(20)31-14-16-32(17-15-31)27(34)24-18-22(21-11-6-5-7-12-21)29-26-19-25(28(2,3)4)30-33(24)26/h5-13,18-19H,14-17H2,1-4H3. The molecule has 1 aliphatic rings. The summed E-state index contributed by atoms with van der Waals surface area (Å²) in [7, 11) is 0. The number of nitrogens with zero attached hydrogens (tertiary/aromatic N) is 5. The number of piperazine rings is 1. The Morgan fingerprint density at radius 1 is 0.882 bits per heavy atom. The zero-order chi connectivity index (χ0) is 23.9. The van der Waals surface area contributed by atoms with Crippen LogP contribution in [-0.2, 0) is 5.41 Å². The van der Waals surface area contributed by atoms with Gasteiger partial charge in [-0.05, 0) is 24.6 Å². The summed E-state index contributed by atoms with van der Waals surface area (Å²) in [6, 6.07) is 22.3. The van der Waals surface area contributed by atoms with Crippen LogP contribution in [0.3, 0.4) is 0 Å². The number of hydrogen-bond donors (Lipinski definition) is 0. The molecule has 174 valence electrons. The molecule has 5 rings (SSSR count). The van der Waals surface area contributed by atoms with Crippen LogP contribution in [0.4, 0.5) is 5.69 Å². The smallest absolute Gasteiger partial charge is 0.272 e. The number of hydrogen-bond acceptors (Lipinski definition) is 4. The van der Waals surface area contributed by atoms with E-state index in [4.69, 9.17) is 10.1 Å². The fraction of sp³-hybridized carbons (Fsp3) is 0.321. The number of fused-ring (bicyclic) bond motifs is 1. The third-order valence-electron chi connectivity index (χ3n) is 6.51. The molecule has 0 atom stereocenters. The highest BCUT2D eigenvalue weighted by atomic mass is 16.2. The number of aromatic nitrogens is 3. The Bertz CT molecular complexity index is 1330. The van der Waals surface area contributed by atoms with Crippen molar-refractivity contribution in [3.63, 3.8) is 0 Å². The highest BCUT2D eigenvalue weighted by molar-refractivity contribution is 5.94. The van der Waals surface area contributed by atoms with Gasteiger partial charge in [-0.3, -0.25) is 4.79 Å². The minimum atomic E-state index is -0.139. The molecule has 1 saturated heterocycles. The average Bonchev–Trinajstić information content (AvgIpc) is 3.29. The second-order valence-corrected chi connectivity index (χ2v) is 10.0. The van der Waals surface area contributed by atoms with Crippen LogP contribution in [0.1, 0.15) is 42.5 Å². The lowest BCUT2D eigenvalue weighted by Gasteiger charge is -2.36. The molecule has 0 spiro atoms. The Balaban J connectivity index is 1.49. The molecule has 4 aromatic rings. The molecule has 0 saturated carbocycles. The maximum absolute atomic E-state index is 13.8. The highest BCUT2D eigenvalue weighted by Gasteiger charge is 2.27. The molecule has 0 aliphatic carbocycles. The molecule has 0 radical (unpaired) electrons. The maximum Gasteiger partial charge on any atom is 0.272 e. The first kappa shape index (κ1) is 22.1. The van der Waals surface area contributed by atoms with Gasteiger partial charge in [0.1, 0.15) is 5.69 Å². The molecule has 1 amide bonds. The zero-order valence-electron chi connectivity index (χ0n) is 20.3. The number of benzene rings is 2. The Kier molecular flexibility index (Phi) is 5.60. The summed E-state index contributed by atoms with van der Waals surface area (Å²) in [5.74, 6) is -0.00225. The Morgan fingerprint density at radius 2 is 1.56 bits per heavy atom. The van der Waals surface area contributed by atoms with Crippen molar-refractivity contribution in [1.82, 2.24) is 19.5 Å². The highest BCUT2D eigenvalue weighted by Crippen LogP contribution is 2.26. The molecule has 6 nitrogen and oxygen atoms in total. The lowest BCUT2D eigenvalue weighted by atomic mass is 9.93. The first-order valence-corrected chi connectivity index (χ1v) is 11.9. The van der Waals surface area contributed by atoms with Crippen LogP contribution < -0.4 is 4.90 Å². The largest absolute Gasteiger partial charge is 0.368 e. The predicted molar refractivity (Wildman–Crippen MR) is 136 cm³/mol. The van der Waals surface area contributed by atoms with Crippen LogP contribution >= 0.6 is 0 Å². The minimum Gasteiger partial charge on any atom is -0.368 e. The number of rotatable bonds is 3. The van der Waals surface area contributed by atoms with Crippen molar-refractivity contribution in [2.24, 2.45) is 0 Å². The van der Waals surface area contributed by atoms with Gasteiger partial charge in [0, 0.05) is 48.9 Å². The molecule has 2 aromatic carbocycles. The molecule has 3 heterocycles. The molecule has 0 bridgehead atoms. The van der Waals surface area contributed by atoms with Crippen molar-refractivity contribution >= 4 is 17.2 Å². The van der Waals surface area contributed by atoms with E-state index in [-0.39, 0.29) is 11.3 Å². The second kappa shape index (κ2) is 8.60. The van der Waals surface area contributed by atoms with Gasteiger partial charge in [0.25, 0.3) is 5.91 Å². The maximum atomic E-state index is 13.8. The van der Waals surface area contributed by atoms with Crippen molar-refractivity contribution in [3.05, 3.63) is 83.7 Å². The minimum absolute atomic E-state index is 0.00225. The molecular formula is C28H31N5O. The fourth-order valence-corrected chi connectivity index (χ4v) is 4.48. The third kappa shape index (κ3) is 4.16. The SMILES string of the molecule is Cc1ccccc1N1CCN(C(=O)c2cc(-c3ccccc3)nc3cc(C(C)(C)C)nn23)CC1. The van der Waals surface area contributed by atoms with Gasteiger partial charge in [0.05, 0.1) is 11.4 Å². The van der Waals surface area contributed by atoms with Crippen LogP contribution in [-0.4, -0.2) is 51.6 Å². The predicted octanol–water partition coefficient (Wildman–Crippen LogP) is 4.96. The Hall–Kier alpha value is -3.67. The van der Waals surface area contributed by atoms with Crippen LogP contribution in [0.2, 0.25) is 0 Å². The first-order valence-electron chi connectivity index (χ1n) is 11.9. The second-order valence-electron chi connectivity index (χ2n) is 10.0. The summed E-state index contributed by atoms with van der Waals surface area (Å²) in [5, 5.41) is 4.81. The summed E-state index contributed by atoms with van der Waals surface area (Å²) in [4.78, 5) is 22.9. The molecule has 1 aliphatic heterocycles. The number of carbonyl (C=O) groups is 1. The van der Waals surface area contributed by atoms with Crippen LogP contribution in [0.5, 0.6) is 0 Å². The quantitative estimate of drug-likeness (QED) is 0.440. The normalized spacial score (nSPS) is 14.6. The third-order valence-corrected chi connectivity index (χ3v) is 6.51. The van der Waals surface area contributed by atoms with Gasteiger partial charge in [-0.2, -0.15) is 5.10 Å². The van der Waals surface area contributed by atoms with Crippen molar-refractivity contribution in [2.45, 2.75) is 33.1 Å². The number of anilines is 1. The molecule has 0 N–H and O–H groups in total. The summed E-state index contributed by atoms with van der Waals surface area (Å²) in [6.45, 7) is 11.5. The molecule has 6 heteroatoms. The van der Waals surface area contributed by atoms with Gasteiger partial charge in [0.2, 0.25) is 0 Å². The van der Waals surface area contributed by atoms with Crippen LogP contribution in [0, 0.1) is 6.92 Å². The van der Waals surface area contributed by atoms with E-state index < -0.39 is 0 Å². The summed E-state index contributed by atoms with van der Waals surface area (Å²) < 4.78 is 1.73. The summed E-state index contributed by atoms with van der Waals surface area (Å²) >= 11 is 0. The van der Waals surface area contributed by atoms with Gasteiger partial charge in [-0.25, -0.2) is 9.50 Å². The van der Waals surface area contributed by atoms with E-state index >= 15 is 0 Å². The van der Waals surface area contributed by atoms with Gasteiger partial charge in [0.15, 0.2) is 5.65 Å². The van der Waals surface area contributed by atoms with E-state index in [0.29, 0.717) is 24.4 Å². The van der Waals surface area contributed by atoms with Crippen molar-refractivity contribution in [2.75, 3.05) is 31.1 Å². The van der Waals surface area contributed by atoms with E-state index in [0.717, 1.165) is 30.0 Å². The number of carbonyl (C=O) groups excluding carboxylic acids is 1.